The second kappa shape index (κ2) is 7.47. The van der Waals surface area contributed by atoms with Gasteiger partial charge in [-0.15, -0.1) is 0 Å². The van der Waals surface area contributed by atoms with E-state index in [1.807, 2.05) is 56.4 Å². The summed E-state index contributed by atoms with van der Waals surface area (Å²) in [6.07, 6.45) is 4.65. The Morgan fingerprint density at radius 2 is 2.04 bits per heavy atom. The van der Waals surface area contributed by atoms with Gasteiger partial charge in [0.05, 0.1) is 18.7 Å². The van der Waals surface area contributed by atoms with Gasteiger partial charge in [0.1, 0.15) is 12.4 Å². The minimum Gasteiger partial charge on any atom is -0.487 e. The van der Waals surface area contributed by atoms with Crippen molar-refractivity contribution in [3.8, 4) is 5.75 Å². The van der Waals surface area contributed by atoms with Gasteiger partial charge in [-0.1, -0.05) is 44.2 Å². The zero-order valence-corrected chi connectivity index (χ0v) is 14.1. The van der Waals surface area contributed by atoms with Crippen LogP contribution in [0.4, 0.5) is 0 Å². The molecule has 1 aromatic heterocycles. The first kappa shape index (κ1) is 16.5. The van der Waals surface area contributed by atoms with Crippen LogP contribution >= 0.6 is 0 Å². The molecule has 2 aromatic rings. The molecule has 1 saturated carbocycles. The zero-order valence-electron chi connectivity index (χ0n) is 14.1. The van der Waals surface area contributed by atoms with Crippen LogP contribution in [0, 0.1) is 11.8 Å². The van der Waals surface area contributed by atoms with Gasteiger partial charge in [-0.25, -0.2) is 0 Å². The summed E-state index contributed by atoms with van der Waals surface area (Å²) >= 11 is 0. The van der Waals surface area contributed by atoms with Gasteiger partial charge in [0.25, 0.3) is 0 Å². The van der Waals surface area contributed by atoms with Crippen molar-refractivity contribution in [3.05, 3.63) is 59.9 Å². The maximum Gasteiger partial charge on any atom is 0.308 e. The zero-order chi connectivity index (χ0) is 16.9. The fourth-order valence-corrected chi connectivity index (χ4v) is 2.65. The Morgan fingerprint density at radius 3 is 2.79 bits per heavy atom. The van der Waals surface area contributed by atoms with Gasteiger partial charge in [0.15, 0.2) is 0 Å². The van der Waals surface area contributed by atoms with Crippen LogP contribution in [0.5, 0.6) is 5.75 Å². The van der Waals surface area contributed by atoms with Crippen molar-refractivity contribution in [2.75, 3.05) is 6.61 Å². The van der Waals surface area contributed by atoms with Crippen LogP contribution in [0.15, 0.2) is 48.8 Å². The lowest BCUT2D eigenvalue weighted by atomic mass is 10.1. The fraction of sp³-hybridized carbons (Fsp3) is 0.400. The highest BCUT2D eigenvalue weighted by atomic mass is 16.5. The highest BCUT2D eigenvalue weighted by Crippen LogP contribution is 2.47. The first-order valence-electron chi connectivity index (χ1n) is 8.42. The van der Waals surface area contributed by atoms with Crippen molar-refractivity contribution < 1.29 is 14.3 Å². The largest absolute Gasteiger partial charge is 0.487 e. The van der Waals surface area contributed by atoms with E-state index in [2.05, 4.69) is 4.98 Å². The number of hydrogen-bond donors (Lipinski definition) is 0. The Kier molecular flexibility index (Phi) is 5.14. The maximum atomic E-state index is 11.5. The van der Waals surface area contributed by atoms with Crippen LogP contribution in [-0.4, -0.2) is 17.6 Å². The highest BCUT2D eigenvalue weighted by molar-refractivity contribution is 5.71. The molecule has 24 heavy (non-hydrogen) atoms. The lowest BCUT2D eigenvalue weighted by Gasteiger charge is -2.08. The Labute approximate surface area is 142 Å². The number of carbonyl (C=O) groups is 1. The molecule has 4 nitrogen and oxygen atoms in total. The van der Waals surface area contributed by atoms with Crippen LogP contribution in [0.1, 0.15) is 37.3 Å². The standard InChI is InChI=1S/C20H23NO3/c1-14(2)20(22)24-13-17-9-19(17)16-8-18(11-21-10-16)23-12-15-6-4-3-5-7-15/h3-8,10-11,14,17,19H,9,12-13H2,1-2H3. The van der Waals surface area contributed by atoms with E-state index in [0.717, 1.165) is 23.3 Å². The molecule has 0 saturated heterocycles. The van der Waals surface area contributed by atoms with Gasteiger partial charge in [-0.2, -0.15) is 0 Å². The summed E-state index contributed by atoms with van der Waals surface area (Å²) < 4.78 is 11.2. The molecule has 126 valence electrons. The van der Waals surface area contributed by atoms with E-state index in [1.54, 1.807) is 6.20 Å². The van der Waals surface area contributed by atoms with Crippen LogP contribution < -0.4 is 4.74 Å². The first-order valence-corrected chi connectivity index (χ1v) is 8.42. The Bertz CT molecular complexity index is 684. The van der Waals surface area contributed by atoms with Crippen molar-refractivity contribution in [3.63, 3.8) is 0 Å². The number of aromatic nitrogens is 1. The van der Waals surface area contributed by atoms with Crippen molar-refractivity contribution in [2.45, 2.75) is 32.8 Å². The second-order valence-corrected chi connectivity index (χ2v) is 6.62. The molecule has 3 rings (SSSR count). The molecule has 1 fully saturated rings. The predicted molar refractivity (Wildman–Crippen MR) is 91.7 cm³/mol. The lowest BCUT2D eigenvalue weighted by Crippen LogP contribution is -2.13. The summed E-state index contributed by atoms with van der Waals surface area (Å²) in [7, 11) is 0. The SMILES string of the molecule is CC(C)C(=O)OCC1CC1c1cncc(OCc2ccccc2)c1. The monoisotopic (exact) mass is 325 g/mol. The average molecular weight is 325 g/mol. The highest BCUT2D eigenvalue weighted by Gasteiger charge is 2.39. The topological polar surface area (TPSA) is 48.4 Å². The Balaban J connectivity index is 1.52. The quantitative estimate of drug-likeness (QED) is 0.723. The number of nitrogens with zero attached hydrogens (tertiary/aromatic N) is 1. The molecule has 1 aliphatic rings. The second-order valence-electron chi connectivity index (χ2n) is 6.62. The fourth-order valence-electron chi connectivity index (χ4n) is 2.65. The summed E-state index contributed by atoms with van der Waals surface area (Å²) in [4.78, 5) is 15.8. The van der Waals surface area contributed by atoms with E-state index in [0.29, 0.717) is 25.0 Å². The molecule has 0 N–H and O–H groups in total. The third kappa shape index (κ3) is 4.34. The molecular formula is C20H23NO3. The maximum absolute atomic E-state index is 11.5. The van der Waals surface area contributed by atoms with Crippen LogP contribution in [0.25, 0.3) is 0 Å². The molecule has 1 aliphatic carbocycles. The van der Waals surface area contributed by atoms with Gasteiger partial charge >= 0.3 is 5.97 Å². The molecule has 0 aliphatic heterocycles. The van der Waals surface area contributed by atoms with Crippen molar-refractivity contribution >= 4 is 5.97 Å². The van der Waals surface area contributed by atoms with Gasteiger partial charge < -0.3 is 9.47 Å². The minimum atomic E-state index is -0.126. The van der Waals surface area contributed by atoms with E-state index in [4.69, 9.17) is 9.47 Å². The van der Waals surface area contributed by atoms with E-state index < -0.39 is 0 Å². The normalized spacial score (nSPS) is 19.1. The molecule has 0 spiro atoms. The molecule has 0 radical (unpaired) electrons. The molecule has 1 aromatic carbocycles. The molecule has 0 bridgehead atoms. The van der Waals surface area contributed by atoms with Crippen molar-refractivity contribution in [2.24, 2.45) is 11.8 Å². The Hall–Kier alpha value is -2.36. The molecule has 4 heteroatoms. The summed E-state index contributed by atoms with van der Waals surface area (Å²) in [6.45, 7) is 4.73. The molecule has 1 heterocycles. The van der Waals surface area contributed by atoms with Gasteiger partial charge in [-0.3, -0.25) is 9.78 Å². The van der Waals surface area contributed by atoms with Crippen molar-refractivity contribution in [1.82, 2.24) is 4.98 Å². The Morgan fingerprint density at radius 1 is 1.25 bits per heavy atom. The predicted octanol–water partition coefficient (Wildman–Crippen LogP) is 3.96. The first-order chi connectivity index (χ1) is 11.6. The molecule has 2 unspecified atom stereocenters. The number of pyridine rings is 1. The number of esters is 1. The van der Waals surface area contributed by atoms with Crippen LogP contribution in [0.3, 0.4) is 0 Å². The van der Waals surface area contributed by atoms with E-state index in [9.17, 15) is 4.79 Å². The summed E-state index contributed by atoms with van der Waals surface area (Å²) in [5.74, 6) is 1.40. The summed E-state index contributed by atoms with van der Waals surface area (Å²) in [5.41, 5.74) is 2.29. The summed E-state index contributed by atoms with van der Waals surface area (Å²) in [6, 6.07) is 12.1. The number of ether oxygens (including phenoxy) is 2. The van der Waals surface area contributed by atoms with Crippen LogP contribution in [-0.2, 0) is 16.1 Å². The number of rotatable bonds is 7. The number of carbonyl (C=O) groups excluding carboxylic acids is 1. The molecular weight excluding hydrogens is 302 g/mol. The van der Waals surface area contributed by atoms with E-state index in [1.165, 1.54) is 0 Å². The van der Waals surface area contributed by atoms with Gasteiger partial charge in [-0.05, 0) is 29.5 Å². The number of benzene rings is 1. The third-order valence-corrected chi connectivity index (χ3v) is 4.24. The smallest absolute Gasteiger partial charge is 0.308 e. The van der Waals surface area contributed by atoms with Gasteiger partial charge in [0.2, 0.25) is 0 Å². The van der Waals surface area contributed by atoms with E-state index in [-0.39, 0.29) is 11.9 Å². The summed E-state index contributed by atoms with van der Waals surface area (Å²) in [5, 5.41) is 0. The van der Waals surface area contributed by atoms with E-state index >= 15 is 0 Å². The third-order valence-electron chi connectivity index (χ3n) is 4.24. The average Bonchev–Trinajstić information content (AvgIpc) is 3.38. The van der Waals surface area contributed by atoms with Gasteiger partial charge in [0, 0.05) is 12.1 Å². The van der Waals surface area contributed by atoms with Crippen molar-refractivity contribution in [1.29, 1.82) is 0 Å². The minimum absolute atomic E-state index is 0.0708. The van der Waals surface area contributed by atoms with Crippen LogP contribution in [0.2, 0.25) is 0 Å². The lowest BCUT2D eigenvalue weighted by molar-refractivity contribution is -0.147. The molecule has 0 amide bonds. The molecule has 2 atom stereocenters. The number of hydrogen-bond acceptors (Lipinski definition) is 4.